The molecule has 0 aliphatic rings. The quantitative estimate of drug-likeness (QED) is 0.408. The molecular formula is C22H25Cl4N3O4S. The van der Waals surface area contributed by atoms with Gasteiger partial charge in [-0.25, -0.2) is 8.42 Å². The van der Waals surface area contributed by atoms with Crippen LogP contribution in [-0.2, 0) is 26.2 Å². The lowest BCUT2D eigenvalue weighted by Crippen LogP contribution is -2.51. The molecule has 0 aliphatic carbocycles. The van der Waals surface area contributed by atoms with Crippen molar-refractivity contribution in [2.24, 2.45) is 0 Å². The van der Waals surface area contributed by atoms with Gasteiger partial charge in [0, 0.05) is 18.1 Å². The van der Waals surface area contributed by atoms with Gasteiger partial charge in [-0.1, -0.05) is 71.5 Å². The monoisotopic (exact) mass is 567 g/mol. The van der Waals surface area contributed by atoms with E-state index in [1.54, 1.807) is 31.2 Å². The van der Waals surface area contributed by atoms with Crippen LogP contribution in [0.3, 0.4) is 0 Å². The van der Waals surface area contributed by atoms with Gasteiger partial charge in [0.1, 0.15) is 12.6 Å². The molecule has 0 aliphatic heterocycles. The smallest absolute Gasteiger partial charge is 0.244 e. The van der Waals surface area contributed by atoms with Gasteiger partial charge in [-0.2, -0.15) is 0 Å². The van der Waals surface area contributed by atoms with Crippen LogP contribution in [0.1, 0.15) is 25.8 Å². The number of rotatable bonds is 10. The predicted octanol–water partition coefficient (Wildman–Crippen LogP) is 5.01. The molecule has 0 saturated carbocycles. The van der Waals surface area contributed by atoms with Crippen molar-refractivity contribution in [2.45, 2.75) is 32.9 Å². The summed E-state index contributed by atoms with van der Waals surface area (Å²) in [5.74, 6) is -1.01. The van der Waals surface area contributed by atoms with Crippen molar-refractivity contribution in [3.8, 4) is 0 Å². The van der Waals surface area contributed by atoms with Gasteiger partial charge in [0.25, 0.3) is 0 Å². The summed E-state index contributed by atoms with van der Waals surface area (Å²) in [6, 6.07) is 8.56. The molecule has 0 heterocycles. The number of hydrogen-bond donors (Lipinski definition) is 1. The van der Waals surface area contributed by atoms with E-state index in [1.165, 1.54) is 17.0 Å². The van der Waals surface area contributed by atoms with Crippen LogP contribution in [0.4, 0.5) is 5.69 Å². The zero-order chi connectivity index (χ0) is 25.6. The van der Waals surface area contributed by atoms with E-state index in [-0.39, 0.29) is 33.2 Å². The molecule has 0 fully saturated rings. The van der Waals surface area contributed by atoms with Crippen LogP contribution in [-0.4, -0.2) is 50.5 Å². The predicted molar refractivity (Wildman–Crippen MR) is 138 cm³/mol. The molecule has 0 bridgehead atoms. The summed E-state index contributed by atoms with van der Waals surface area (Å²) >= 11 is 24.5. The summed E-state index contributed by atoms with van der Waals surface area (Å²) in [5, 5.41) is 3.37. The third-order valence-electron chi connectivity index (χ3n) is 4.95. The maximum absolute atomic E-state index is 13.5. The molecular weight excluding hydrogens is 544 g/mol. The van der Waals surface area contributed by atoms with Gasteiger partial charge in [0.2, 0.25) is 21.8 Å². The number of nitrogens with zero attached hydrogens (tertiary/aromatic N) is 2. The van der Waals surface area contributed by atoms with Crippen molar-refractivity contribution in [1.29, 1.82) is 0 Å². The molecule has 0 saturated heterocycles. The van der Waals surface area contributed by atoms with Crippen LogP contribution in [0.5, 0.6) is 0 Å². The second-order valence-corrected chi connectivity index (χ2v) is 11.1. The van der Waals surface area contributed by atoms with E-state index >= 15 is 0 Å². The molecule has 1 atom stereocenters. The number of amides is 2. The van der Waals surface area contributed by atoms with Crippen molar-refractivity contribution in [1.82, 2.24) is 10.2 Å². The molecule has 2 rings (SSSR count). The molecule has 2 aromatic carbocycles. The summed E-state index contributed by atoms with van der Waals surface area (Å²) in [7, 11) is -3.97. The Morgan fingerprint density at radius 3 is 2.21 bits per heavy atom. The summed E-state index contributed by atoms with van der Waals surface area (Å²) in [6.07, 6.45) is 1.66. The first-order chi connectivity index (χ1) is 15.9. The number of nitrogens with one attached hydrogen (secondary N) is 1. The Balaban J connectivity index is 2.46. The van der Waals surface area contributed by atoms with E-state index in [9.17, 15) is 18.0 Å². The molecule has 0 aromatic heterocycles. The van der Waals surface area contributed by atoms with Gasteiger partial charge in [-0.15, -0.1) is 0 Å². The Morgan fingerprint density at radius 1 is 1.00 bits per heavy atom. The van der Waals surface area contributed by atoms with E-state index in [0.29, 0.717) is 23.6 Å². The molecule has 1 N–H and O–H groups in total. The van der Waals surface area contributed by atoms with E-state index < -0.39 is 28.5 Å². The normalized spacial score (nSPS) is 12.2. The highest BCUT2D eigenvalue weighted by Gasteiger charge is 2.31. The first-order valence-corrected chi connectivity index (χ1v) is 13.7. The number of hydrogen-bond acceptors (Lipinski definition) is 4. The summed E-state index contributed by atoms with van der Waals surface area (Å²) in [4.78, 5) is 27.4. The van der Waals surface area contributed by atoms with Gasteiger partial charge < -0.3 is 10.2 Å². The van der Waals surface area contributed by atoms with E-state index in [2.05, 4.69) is 5.32 Å². The highest BCUT2D eigenvalue weighted by Crippen LogP contribution is 2.35. The molecule has 1 unspecified atom stereocenters. The second kappa shape index (κ2) is 12.3. The molecule has 0 spiro atoms. The molecule has 2 amide bonds. The third kappa shape index (κ3) is 7.39. The van der Waals surface area contributed by atoms with Gasteiger partial charge >= 0.3 is 0 Å². The molecule has 186 valence electrons. The lowest BCUT2D eigenvalue weighted by atomic mass is 10.1. The Hall–Kier alpha value is -1.71. The Labute approximate surface area is 220 Å². The minimum Gasteiger partial charge on any atom is -0.354 e. The van der Waals surface area contributed by atoms with Crippen molar-refractivity contribution in [3.63, 3.8) is 0 Å². The SMILES string of the molecule is CCCNC(=O)C(C)N(Cc1ccccc1Cl)C(=O)CN(c1cc(Cl)c(Cl)cc1Cl)S(C)(=O)=O. The number of carbonyl (C=O) groups excluding carboxylic acids is 2. The molecule has 0 radical (unpaired) electrons. The van der Waals surface area contributed by atoms with Crippen molar-refractivity contribution in [3.05, 3.63) is 62.1 Å². The maximum Gasteiger partial charge on any atom is 0.244 e. The van der Waals surface area contributed by atoms with Crippen LogP contribution in [0, 0.1) is 0 Å². The first-order valence-electron chi connectivity index (χ1n) is 10.3. The number of benzene rings is 2. The van der Waals surface area contributed by atoms with E-state index in [1.807, 2.05) is 6.92 Å². The summed E-state index contributed by atoms with van der Waals surface area (Å²) < 4.78 is 26.1. The molecule has 34 heavy (non-hydrogen) atoms. The number of halogens is 4. The van der Waals surface area contributed by atoms with Crippen molar-refractivity contribution in [2.75, 3.05) is 23.7 Å². The highest BCUT2D eigenvalue weighted by atomic mass is 35.5. The maximum atomic E-state index is 13.5. The Morgan fingerprint density at radius 2 is 1.62 bits per heavy atom. The number of carbonyl (C=O) groups is 2. The zero-order valence-corrected chi connectivity index (χ0v) is 22.7. The van der Waals surface area contributed by atoms with E-state index in [0.717, 1.165) is 10.6 Å². The van der Waals surface area contributed by atoms with Gasteiger partial charge in [0.05, 0.1) is 27.0 Å². The first kappa shape index (κ1) is 28.5. The van der Waals surface area contributed by atoms with Gasteiger partial charge in [-0.05, 0) is 37.1 Å². The second-order valence-electron chi connectivity index (χ2n) is 7.57. The van der Waals surface area contributed by atoms with Crippen molar-refractivity contribution >= 4 is 73.9 Å². The molecule has 7 nitrogen and oxygen atoms in total. The fourth-order valence-corrected chi connectivity index (χ4v) is 4.83. The van der Waals surface area contributed by atoms with Crippen LogP contribution >= 0.6 is 46.4 Å². The Kier molecular flexibility index (Phi) is 10.3. The molecule has 12 heteroatoms. The zero-order valence-electron chi connectivity index (χ0n) is 18.8. The fraction of sp³-hybridized carbons (Fsp3) is 0.364. The number of sulfonamides is 1. The van der Waals surface area contributed by atoms with Gasteiger partial charge in [0.15, 0.2) is 0 Å². The van der Waals surface area contributed by atoms with Gasteiger partial charge in [-0.3, -0.25) is 13.9 Å². The minimum atomic E-state index is -3.97. The topological polar surface area (TPSA) is 86.8 Å². The average Bonchev–Trinajstić information content (AvgIpc) is 2.76. The van der Waals surface area contributed by atoms with Crippen LogP contribution < -0.4 is 9.62 Å². The average molecular weight is 569 g/mol. The molecule has 2 aromatic rings. The van der Waals surface area contributed by atoms with Crippen molar-refractivity contribution < 1.29 is 18.0 Å². The lowest BCUT2D eigenvalue weighted by Gasteiger charge is -2.32. The van der Waals surface area contributed by atoms with E-state index in [4.69, 9.17) is 46.4 Å². The standard InChI is InChI=1S/C22H25Cl4N3O4S/c1-4-9-27-22(31)14(2)28(12-15-7-5-6-8-16(15)23)21(30)13-29(34(3,32)33)20-11-18(25)17(24)10-19(20)26/h5-8,10-11,14H,4,9,12-13H2,1-3H3,(H,27,31). The Bertz CT molecular complexity index is 1160. The van der Waals surface area contributed by atoms with Crippen LogP contribution in [0.15, 0.2) is 36.4 Å². The number of anilines is 1. The van der Waals surface area contributed by atoms with Crippen LogP contribution in [0.2, 0.25) is 20.1 Å². The minimum absolute atomic E-state index is 0.000911. The van der Waals surface area contributed by atoms with Crippen LogP contribution in [0.25, 0.3) is 0 Å². The summed E-state index contributed by atoms with van der Waals surface area (Å²) in [6.45, 7) is 3.28. The largest absolute Gasteiger partial charge is 0.354 e. The third-order valence-corrected chi connectivity index (χ3v) is 7.47. The summed E-state index contributed by atoms with van der Waals surface area (Å²) in [5.41, 5.74) is 0.596. The highest BCUT2D eigenvalue weighted by molar-refractivity contribution is 7.92. The lowest BCUT2D eigenvalue weighted by molar-refractivity contribution is -0.139. The fourth-order valence-electron chi connectivity index (χ4n) is 3.09.